The quantitative estimate of drug-likeness (QED) is 0.568. The second kappa shape index (κ2) is 2.67. The van der Waals surface area contributed by atoms with Gasteiger partial charge >= 0.3 is 0 Å². The largest absolute Gasteiger partial charge is 0.390 e. The van der Waals surface area contributed by atoms with Gasteiger partial charge in [0.2, 0.25) is 0 Å². The van der Waals surface area contributed by atoms with Crippen molar-refractivity contribution in [2.45, 2.75) is 32.5 Å². The summed E-state index contributed by atoms with van der Waals surface area (Å²) in [6, 6.07) is 0. The monoisotopic (exact) mass is 130 g/mol. The fourth-order valence-electron chi connectivity index (χ4n) is 1.41. The molecule has 1 heterocycles. The van der Waals surface area contributed by atoms with Crippen LogP contribution in [0.25, 0.3) is 0 Å². The van der Waals surface area contributed by atoms with Gasteiger partial charge in [0.15, 0.2) is 0 Å². The Kier molecular flexibility index (Phi) is 2.09. The minimum Gasteiger partial charge on any atom is -0.390 e. The van der Waals surface area contributed by atoms with Crippen molar-refractivity contribution >= 4 is 0 Å². The van der Waals surface area contributed by atoms with Crippen molar-refractivity contribution in [3.05, 3.63) is 0 Å². The van der Waals surface area contributed by atoms with Crippen LogP contribution in [-0.4, -0.2) is 23.9 Å². The highest BCUT2D eigenvalue weighted by Crippen LogP contribution is 2.23. The van der Waals surface area contributed by atoms with E-state index < -0.39 is 0 Å². The summed E-state index contributed by atoms with van der Waals surface area (Å²) in [6.45, 7) is 4.63. The van der Waals surface area contributed by atoms with Gasteiger partial charge in [-0.25, -0.2) is 0 Å². The Morgan fingerprint density at radius 1 is 1.67 bits per heavy atom. The topological polar surface area (TPSA) is 29.5 Å². The fourth-order valence-corrected chi connectivity index (χ4v) is 1.41. The van der Waals surface area contributed by atoms with E-state index in [2.05, 4.69) is 6.92 Å². The number of rotatable bonds is 1. The van der Waals surface area contributed by atoms with Gasteiger partial charge in [-0.2, -0.15) is 0 Å². The summed E-state index contributed by atoms with van der Waals surface area (Å²) < 4.78 is 5.22. The highest BCUT2D eigenvalue weighted by atomic mass is 16.5. The Bertz CT molecular complexity index is 82.9. The van der Waals surface area contributed by atoms with Crippen molar-refractivity contribution < 1.29 is 9.84 Å². The van der Waals surface area contributed by atoms with Crippen molar-refractivity contribution in [2.24, 2.45) is 5.92 Å². The smallest absolute Gasteiger partial charge is 0.0826 e. The molecule has 1 fully saturated rings. The molecule has 0 amide bonds. The molecular weight excluding hydrogens is 116 g/mol. The van der Waals surface area contributed by atoms with E-state index in [1.807, 2.05) is 6.92 Å². The zero-order chi connectivity index (χ0) is 6.85. The first kappa shape index (κ1) is 7.03. The van der Waals surface area contributed by atoms with Gasteiger partial charge in [-0.05, 0) is 13.3 Å². The van der Waals surface area contributed by atoms with E-state index in [1.165, 1.54) is 0 Å². The van der Waals surface area contributed by atoms with Gasteiger partial charge < -0.3 is 9.84 Å². The molecule has 1 aliphatic rings. The van der Waals surface area contributed by atoms with E-state index in [4.69, 9.17) is 4.74 Å². The molecule has 1 rings (SSSR count). The van der Waals surface area contributed by atoms with E-state index in [0.29, 0.717) is 12.5 Å². The normalized spacial score (nSPS) is 43.7. The van der Waals surface area contributed by atoms with Crippen molar-refractivity contribution in [1.82, 2.24) is 0 Å². The molecule has 1 saturated heterocycles. The van der Waals surface area contributed by atoms with E-state index in [0.717, 1.165) is 6.42 Å². The van der Waals surface area contributed by atoms with Crippen LogP contribution >= 0.6 is 0 Å². The lowest BCUT2D eigenvalue weighted by Gasteiger charge is -2.12. The first-order valence-electron chi connectivity index (χ1n) is 3.55. The predicted molar refractivity (Wildman–Crippen MR) is 35.2 cm³/mol. The van der Waals surface area contributed by atoms with Gasteiger partial charge in [0.05, 0.1) is 18.8 Å². The first-order chi connectivity index (χ1) is 4.25. The van der Waals surface area contributed by atoms with E-state index >= 15 is 0 Å². The molecule has 0 aromatic carbocycles. The molecule has 0 aromatic heterocycles. The molecule has 1 unspecified atom stereocenters. The third kappa shape index (κ3) is 1.25. The summed E-state index contributed by atoms with van der Waals surface area (Å²) in [5, 5.41) is 9.23. The minimum atomic E-state index is -0.218. The second-order valence-corrected chi connectivity index (χ2v) is 2.68. The molecule has 3 atom stereocenters. The Morgan fingerprint density at radius 3 is 2.56 bits per heavy atom. The molecule has 9 heavy (non-hydrogen) atoms. The number of hydrogen-bond acceptors (Lipinski definition) is 2. The predicted octanol–water partition coefficient (Wildman–Crippen LogP) is 0.792. The van der Waals surface area contributed by atoms with Crippen LogP contribution in [0.15, 0.2) is 0 Å². The van der Waals surface area contributed by atoms with Crippen LogP contribution in [0.3, 0.4) is 0 Å². The van der Waals surface area contributed by atoms with Crippen LogP contribution in [-0.2, 0) is 4.74 Å². The molecule has 54 valence electrons. The van der Waals surface area contributed by atoms with E-state index in [1.54, 1.807) is 0 Å². The molecule has 0 aromatic rings. The van der Waals surface area contributed by atoms with Gasteiger partial charge in [-0.15, -0.1) is 0 Å². The molecule has 2 heteroatoms. The number of ether oxygens (including phenoxy) is 1. The van der Waals surface area contributed by atoms with Crippen molar-refractivity contribution in [3.63, 3.8) is 0 Å². The molecule has 0 saturated carbocycles. The van der Waals surface area contributed by atoms with Crippen molar-refractivity contribution in [2.75, 3.05) is 6.61 Å². The first-order valence-corrected chi connectivity index (χ1v) is 3.55. The maximum absolute atomic E-state index is 9.23. The van der Waals surface area contributed by atoms with Gasteiger partial charge in [0.1, 0.15) is 0 Å². The van der Waals surface area contributed by atoms with Crippen LogP contribution in [0.5, 0.6) is 0 Å². The molecule has 0 radical (unpaired) electrons. The van der Waals surface area contributed by atoms with Gasteiger partial charge in [-0.3, -0.25) is 0 Å². The Labute approximate surface area is 55.8 Å². The van der Waals surface area contributed by atoms with Gasteiger partial charge in [-0.1, -0.05) is 6.92 Å². The minimum absolute atomic E-state index is 0.218. The highest BCUT2D eigenvalue weighted by molar-refractivity contribution is 4.79. The standard InChI is InChI=1S/C7H14O2/c1-3-6-5(2)9-4-7(6)8/h5-8H,3-4H2,1-2H3/t5?,6-,7+/m0/s1. The van der Waals surface area contributed by atoms with E-state index in [9.17, 15) is 5.11 Å². The lowest BCUT2D eigenvalue weighted by atomic mass is 9.98. The fraction of sp³-hybridized carbons (Fsp3) is 1.00. The van der Waals surface area contributed by atoms with E-state index in [-0.39, 0.29) is 12.2 Å². The average molecular weight is 130 g/mol. The maximum atomic E-state index is 9.23. The lowest BCUT2D eigenvalue weighted by molar-refractivity contribution is 0.0963. The van der Waals surface area contributed by atoms with Crippen LogP contribution in [0.1, 0.15) is 20.3 Å². The van der Waals surface area contributed by atoms with Crippen molar-refractivity contribution in [3.8, 4) is 0 Å². The molecule has 0 aliphatic carbocycles. The molecule has 0 bridgehead atoms. The summed E-state index contributed by atoms with van der Waals surface area (Å²) in [7, 11) is 0. The molecule has 2 nitrogen and oxygen atoms in total. The lowest BCUT2D eigenvalue weighted by Crippen LogP contribution is -2.20. The molecule has 1 aliphatic heterocycles. The third-order valence-corrected chi connectivity index (χ3v) is 2.10. The third-order valence-electron chi connectivity index (χ3n) is 2.10. The Balaban J connectivity index is 2.44. The van der Waals surface area contributed by atoms with Crippen LogP contribution in [0.2, 0.25) is 0 Å². The number of aliphatic hydroxyl groups is 1. The van der Waals surface area contributed by atoms with Gasteiger partial charge in [0.25, 0.3) is 0 Å². The number of hydrogen-bond donors (Lipinski definition) is 1. The molecule has 0 spiro atoms. The average Bonchev–Trinajstić information content (AvgIpc) is 2.12. The van der Waals surface area contributed by atoms with Crippen molar-refractivity contribution in [1.29, 1.82) is 0 Å². The summed E-state index contributed by atoms with van der Waals surface area (Å²) in [5.74, 6) is 0.366. The highest BCUT2D eigenvalue weighted by Gasteiger charge is 2.30. The summed E-state index contributed by atoms with van der Waals surface area (Å²) >= 11 is 0. The van der Waals surface area contributed by atoms with Gasteiger partial charge in [0, 0.05) is 5.92 Å². The summed E-state index contributed by atoms with van der Waals surface area (Å²) in [4.78, 5) is 0. The zero-order valence-electron chi connectivity index (χ0n) is 6.00. The zero-order valence-corrected chi connectivity index (χ0v) is 6.00. The Morgan fingerprint density at radius 2 is 2.33 bits per heavy atom. The van der Waals surface area contributed by atoms with Crippen LogP contribution < -0.4 is 0 Å². The number of aliphatic hydroxyl groups excluding tert-OH is 1. The van der Waals surface area contributed by atoms with Crippen LogP contribution in [0, 0.1) is 5.92 Å². The molecular formula is C7H14O2. The second-order valence-electron chi connectivity index (χ2n) is 2.68. The molecule has 1 N–H and O–H groups in total. The SMILES string of the molecule is CC[C@H]1C(C)OC[C@H]1O. The Hall–Kier alpha value is -0.0800. The maximum Gasteiger partial charge on any atom is 0.0826 e. The summed E-state index contributed by atoms with van der Waals surface area (Å²) in [6.07, 6.45) is 1.05. The summed E-state index contributed by atoms with van der Waals surface area (Å²) in [5.41, 5.74) is 0. The van der Waals surface area contributed by atoms with Crippen LogP contribution in [0.4, 0.5) is 0 Å².